The highest BCUT2D eigenvalue weighted by molar-refractivity contribution is 7.93. The third kappa shape index (κ3) is 3.63. The molecule has 0 atom stereocenters. The summed E-state index contributed by atoms with van der Waals surface area (Å²) in [6.45, 7) is 3.28. The zero-order valence-electron chi connectivity index (χ0n) is 11.6. The summed E-state index contributed by atoms with van der Waals surface area (Å²) in [6, 6.07) is 3.43. The van der Waals surface area contributed by atoms with Gasteiger partial charge < -0.3 is 9.73 Å². The van der Waals surface area contributed by atoms with E-state index in [4.69, 9.17) is 4.42 Å². The lowest BCUT2D eigenvalue weighted by Crippen LogP contribution is -2.27. The lowest BCUT2D eigenvalue weighted by molar-refractivity contribution is 0.0944. The molecule has 1 amide bonds. The van der Waals surface area contributed by atoms with Gasteiger partial charge in [0.2, 0.25) is 10.0 Å². The van der Waals surface area contributed by atoms with Gasteiger partial charge in [-0.25, -0.2) is 8.42 Å². The molecule has 0 spiro atoms. The van der Waals surface area contributed by atoms with Gasteiger partial charge in [0, 0.05) is 0 Å². The number of aromatic nitrogens is 2. The molecule has 0 aliphatic carbocycles. The number of H-pyrrole nitrogens is 1. The maximum atomic E-state index is 12.0. The molecule has 114 valence electrons. The van der Waals surface area contributed by atoms with Crippen LogP contribution in [0.5, 0.6) is 0 Å². The first kappa shape index (κ1) is 15.1. The predicted molar refractivity (Wildman–Crippen MR) is 76.1 cm³/mol. The lowest BCUT2D eigenvalue weighted by Gasteiger charge is -2.10. The van der Waals surface area contributed by atoms with E-state index in [1.807, 2.05) is 0 Å². The molecule has 2 aromatic rings. The van der Waals surface area contributed by atoms with Crippen LogP contribution in [-0.4, -0.2) is 29.8 Å². The van der Waals surface area contributed by atoms with Crippen LogP contribution >= 0.6 is 0 Å². The molecule has 21 heavy (non-hydrogen) atoms. The third-order valence-corrected chi connectivity index (χ3v) is 4.49. The largest absolute Gasteiger partial charge is 0.467 e. The number of hydrogen-bond acceptors (Lipinski definition) is 5. The van der Waals surface area contributed by atoms with Gasteiger partial charge in [-0.3, -0.25) is 14.6 Å². The Balaban J connectivity index is 2.07. The van der Waals surface area contributed by atoms with Gasteiger partial charge in [0.25, 0.3) is 5.91 Å². The van der Waals surface area contributed by atoms with Crippen LogP contribution in [0.4, 0.5) is 5.69 Å². The summed E-state index contributed by atoms with van der Waals surface area (Å²) in [5, 5.41) is 8.16. The second-order valence-corrected chi connectivity index (χ2v) is 6.85. The first-order valence-corrected chi connectivity index (χ1v) is 7.80. The number of carbonyl (C=O) groups excluding carboxylic acids is 1. The van der Waals surface area contributed by atoms with Crippen LogP contribution in [0.1, 0.15) is 30.1 Å². The highest BCUT2D eigenvalue weighted by Gasteiger charge is 2.21. The second-order valence-electron chi connectivity index (χ2n) is 4.62. The van der Waals surface area contributed by atoms with Crippen molar-refractivity contribution >= 4 is 21.6 Å². The van der Waals surface area contributed by atoms with Crippen LogP contribution in [0.25, 0.3) is 0 Å². The Kier molecular flexibility index (Phi) is 4.32. The van der Waals surface area contributed by atoms with Crippen molar-refractivity contribution in [1.82, 2.24) is 15.5 Å². The lowest BCUT2D eigenvalue weighted by atomic mass is 10.3. The SMILES string of the molecule is CC(C)S(=O)(=O)Nc1cn[nH]c1C(=O)NCc1ccco1. The van der Waals surface area contributed by atoms with Crippen LogP contribution in [0.15, 0.2) is 29.0 Å². The van der Waals surface area contributed by atoms with E-state index in [1.54, 1.807) is 26.0 Å². The van der Waals surface area contributed by atoms with E-state index >= 15 is 0 Å². The first-order chi connectivity index (χ1) is 9.90. The number of carbonyl (C=O) groups is 1. The zero-order valence-corrected chi connectivity index (χ0v) is 12.4. The van der Waals surface area contributed by atoms with Crippen LogP contribution in [-0.2, 0) is 16.6 Å². The molecule has 0 saturated heterocycles. The van der Waals surface area contributed by atoms with Crippen molar-refractivity contribution in [3.05, 3.63) is 36.0 Å². The average molecular weight is 312 g/mol. The molecule has 0 aliphatic rings. The molecule has 0 radical (unpaired) electrons. The van der Waals surface area contributed by atoms with Crippen LogP contribution in [0.2, 0.25) is 0 Å². The summed E-state index contributed by atoms with van der Waals surface area (Å²) >= 11 is 0. The molecule has 3 N–H and O–H groups in total. The standard InChI is InChI=1S/C12H16N4O4S/c1-8(2)21(18,19)16-10-7-14-15-11(10)12(17)13-6-9-4-3-5-20-9/h3-5,7-8,16H,6H2,1-2H3,(H,13,17)(H,14,15). The van der Waals surface area contributed by atoms with Crippen molar-refractivity contribution in [2.45, 2.75) is 25.6 Å². The van der Waals surface area contributed by atoms with E-state index in [2.05, 4.69) is 20.2 Å². The van der Waals surface area contributed by atoms with Crippen molar-refractivity contribution < 1.29 is 17.6 Å². The van der Waals surface area contributed by atoms with Gasteiger partial charge in [0.15, 0.2) is 0 Å². The van der Waals surface area contributed by atoms with Gasteiger partial charge in [-0.1, -0.05) is 0 Å². The summed E-state index contributed by atoms with van der Waals surface area (Å²) in [5.74, 6) is 0.109. The van der Waals surface area contributed by atoms with E-state index in [-0.39, 0.29) is 17.9 Å². The number of sulfonamides is 1. The average Bonchev–Trinajstić information content (AvgIpc) is 3.06. The Morgan fingerprint density at radius 3 is 2.86 bits per heavy atom. The molecule has 2 heterocycles. The van der Waals surface area contributed by atoms with E-state index in [1.165, 1.54) is 12.5 Å². The maximum absolute atomic E-state index is 12.0. The predicted octanol–water partition coefficient (Wildman–Crippen LogP) is 1.08. The molecule has 0 fully saturated rings. The topological polar surface area (TPSA) is 117 Å². The Morgan fingerprint density at radius 1 is 1.48 bits per heavy atom. The Morgan fingerprint density at radius 2 is 2.24 bits per heavy atom. The minimum Gasteiger partial charge on any atom is -0.467 e. The Labute approximate surface area is 122 Å². The summed E-state index contributed by atoms with van der Waals surface area (Å²) in [5.41, 5.74) is 0.159. The van der Waals surface area contributed by atoms with Crippen LogP contribution in [0.3, 0.4) is 0 Å². The molecule has 8 nitrogen and oxygen atoms in total. The van der Waals surface area contributed by atoms with Gasteiger partial charge in [-0.15, -0.1) is 0 Å². The fraction of sp³-hybridized carbons (Fsp3) is 0.333. The Hall–Kier alpha value is -2.29. The van der Waals surface area contributed by atoms with Gasteiger partial charge in [0.05, 0.1) is 29.9 Å². The Bertz CT molecular complexity index is 703. The highest BCUT2D eigenvalue weighted by atomic mass is 32.2. The number of amides is 1. The van der Waals surface area contributed by atoms with Gasteiger partial charge in [0.1, 0.15) is 11.5 Å². The van der Waals surface area contributed by atoms with Crippen LogP contribution < -0.4 is 10.0 Å². The summed E-state index contributed by atoms with van der Waals surface area (Å²) in [6.07, 6.45) is 2.75. The van der Waals surface area contributed by atoms with Crippen molar-refractivity contribution in [3.63, 3.8) is 0 Å². The highest BCUT2D eigenvalue weighted by Crippen LogP contribution is 2.15. The number of hydrogen-bond donors (Lipinski definition) is 3. The number of anilines is 1. The number of nitrogens with one attached hydrogen (secondary N) is 3. The van der Waals surface area contributed by atoms with E-state index in [0.29, 0.717) is 5.76 Å². The molecule has 2 rings (SSSR count). The molecule has 0 bridgehead atoms. The number of rotatable bonds is 6. The quantitative estimate of drug-likeness (QED) is 0.738. The number of nitrogens with zero attached hydrogens (tertiary/aromatic N) is 1. The van der Waals surface area contributed by atoms with Crippen LogP contribution in [0, 0.1) is 0 Å². The minimum atomic E-state index is -3.54. The fourth-order valence-electron chi connectivity index (χ4n) is 1.48. The molecule has 0 aromatic carbocycles. The second kappa shape index (κ2) is 6.00. The third-order valence-electron chi connectivity index (χ3n) is 2.74. The number of furan rings is 1. The summed E-state index contributed by atoms with van der Waals surface area (Å²) in [7, 11) is -3.54. The van der Waals surface area contributed by atoms with Gasteiger partial charge in [-0.05, 0) is 26.0 Å². The molecule has 0 saturated carbocycles. The first-order valence-electron chi connectivity index (χ1n) is 6.25. The van der Waals surface area contributed by atoms with Crippen molar-refractivity contribution in [3.8, 4) is 0 Å². The molecule has 2 aromatic heterocycles. The monoisotopic (exact) mass is 312 g/mol. The molecular weight excluding hydrogens is 296 g/mol. The summed E-state index contributed by atoms with van der Waals surface area (Å²) < 4.78 is 31.1. The molecule has 0 unspecified atom stereocenters. The van der Waals surface area contributed by atoms with E-state index in [9.17, 15) is 13.2 Å². The zero-order chi connectivity index (χ0) is 15.5. The van der Waals surface area contributed by atoms with E-state index < -0.39 is 21.2 Å². The minimum absolute atomic E-state index is 0.0470. The van der Waals surface area contributed by atoms with Crippen molar-refractivity contribution in [2.75, 3.05) is 4.72 Å². The molecule has 0 aliphatic heterocycles. The normalized spacial score (nSPS) is 11.6. The molecular formula is C12H16N4O4S. The number of aromatic amines is 1. The smallest absolute Gasteiger partial charge is 0.271 e. The van der Waals surface area contributed by atoms with Gasteiger partial charge in [-0.2, -0.15) is 5.10 Å². The maximum Gasteiger partial charge on any atom is 0.271 e. The molecule has 9 heteroatoms. The summed E-state index contributed by atoms with van der Waals surface area (Å²) in [4.78, 5) is 12.0. The van der Waals surface area contributed by atoms with E-state index in [0.717, 1.165) is 0 Å². The van der Waals surface area contributed by atoms with Crippen molar-refractivity contribution in [1.29, 1.82) is 0 Å². The van der Waals surface area contributed by atoms with Gasteiger partial charge >= 0.3 is 0 Å². The van der Waals surface area contributed by atoms with Crippen molar-refractivity contribution in [2.24, 2.45) is 0 Å². The fourth-order valence-corrected chi connectivity index (χ4v) is 2.17.